The van der Waals surface area contributed by atoms with Crippen LogP contribution in [0.4, 0.5) is 4.79 Å². The van der Waals surface area contributed by atoms with Crippen molar-refractivity contribution in [3.63, 3.8) is 0 Å². The summed E-state index contributed by atoms with van der Waals surface area (Å²) in [6, 6.07) is 0. The second-order valence-electron chi connectivity index (χ2n) is 4.14. The Balaban J connectivity index is 3.95. The minimum absolute atomic E-state index is 0.326. The normalized spacial score (nSPS) is 14.5. The summed E-state index contributed by atoms with van der Waals surface area (Å²) in [4.78, 5) is 14.8. The highest BCUT2D eigenvalue weighted by atomic mass is 16.6. The van der Waals surface area contributed by atoms with Crippen LogP contribution in [0.25, 0.3) is 0 Å². The van der Waals surface area contributed by atoms with Crippen LogP contribution in [-0.2, 0) is 4.74 Å². The van der Waals surface area contributed by atoms with E-state index in [1.165, 1.54) is 0 Å². The van der Waals surface area contributed by atoms with Gasteiger partial charge < -0.3 is 4.74 Å². The van der Waals surface area contributed by atoms with Gasteiger partial charge in [-0.2, -0.15) is 4.99 Å². The molecule has 13 heavy (non-hydrogen) atoms. The molecule has 0 N–H and O–H groups in total. The van der Waals surface area contributed by atoms with E-state index in [1.54, 1.807) is 6.21 Å². The number of rotatable bonds is 2. The number of ether oxygens (including phenoxy) is 1. The Morgan fingerprint density at radius 2 is 2.08 bits per heavy atom. The van der Waals surface area contributed by atoms with Crippen LogP contribution >= 0.6 is 0 Å². The van der Waals surface area contributed by atoms with Gasteiger partial charge in [-0.25, -0.2) is 4.79 Å². The lowest BCUT2D eigenvalue weighted by atomic mass is 10.1. The summed E-state index contributed by atoms with van der Waals surface area (Å²) in [7, 11) is 0. The summed E-state index contributed by atoms with van der Waals surface area (Å²) in [6.07, 6.45) is 2.10. The molecule has 0 saturated carbocycles. The Kier molecular flexibility index (Phi) is 4.67. The van der Waals surface area contributed by atoms with Crippen LogP contribution in [0, 0.1) is 5.92 Å². The standard InChI is InChI=1S/C10H19NO2/c1-6-8(2)7-11-9(12)13-10(3,4)5/h7-8H,6H2,1-5H3. The molecular formula is C10H19NO2. The van der Waals surface area contributed by atoms with E-state index in [-0.39, 0.29) is 0 Å². The van der Waals surface area contributed by atoms with Gasteiger partial charge in [0.1, 0.15) is 5.60 Å². The maximum atomic E-state index is 11.1. The van der Waals surface area contributed by atoms with E-state index >= 15 is 0 Å². The van der Waals surface area contributed by atoms with E-state index in [1.807, 2.05) is 34.6 Å². The lowest BCUT2D eigenvalue weighted by Gasteiger charge is -2.17. The predicted molar refractivity (Wildman–Crippen MR) is 54.2 cm³/mol. The van der Waals surface area contributed by atoms with Crippen molar-refractivity contribution < 1.29 is 9.53 Å². The zero-order valence-corrected chi connectivity index (χ0v) is 9.13. The van der Waals surface area contributed by atoms with Gasteiger partial charge in [-0.3, -0.25) is 0 Å². The van der Waals surface area contributed by atoms with Crippen LogP contribution in [0.2, 0.25) is 0 Å². The Bertz CT molecular complexity index is 192. The van der Waals surface area contributed by atoms with Gasteiger partial charge in [0.05, 0.1) is 0 Å². The fourth-order valence-corrected chi connectivity index (χ4v) is 0.582. The molecule has 0 aliphatic heterocycles. The monoisotopic (exact) mass is 185 g/mol. The van der Waals surface area contributed by atoms with E-state index in [0.717, 1.165) is 6.42 Å². The van der Waals surface area contributed by atoms with Crippen molar-refractivity contribution in [3.8, 4) is 0 Å². The zero-order valence-electron chi connectivity index (χ0n) is 9.13. The molecule has 76 valence electrons. The molecule has 1 amide bonds. The van der Waals surface area contributed by atoms with E-state index in [4.69, 9.17) is 4.74 Å². The third kappa shape index (κ3) is 7.50. The third-order valence-electron chi connectivity index (χ3n) is 1.47. The Hall–Kier alpha value is -0.860. The number of amides is 1. The topological polar surface area (TPSA) is 38.7 Å². The first-order chi connectivity index (χ1) is 5.85. The second-order valence-corrected chi connectivity index (χ2v) is 4.14. The van der Waals surface area contributed by atoms with Crippen molar-refractivity contribution in [2.45, 2.75) is 46.6 Å². The van der Waals surface area contributed by atoms with Gasteiger partial charge in [0.2, 0.25) is 0 Å². The quantitative estimate of drug-likeness (QED) is 0.620. The van der Waals surface area contributed by atoms with Crippen LogP contribution in [0.1, 0.15) is 41.0 Å². The van der Waals surface area contributed by atoms with Crippen LogP contribution in [0.5, 0.6) is 0 Å². The Morgan fingerprint density at radius 3 is 2.46 bits per heavy atom. The lowest BCUT2D eigenvalue weighted by Crippen LogP contribution is -2.22. The number of carbonyl (C=O) groups excluding carboxylic acids is 1. The largest absolute Gasteiger partial charge is 0.442 e. The molecule has 0 fully saturated rings. The van der Waals surface area contributed by atoms with Crippen LogP contribution in [-0.4, -0.2) is 17.9 Å². The molecule has 0 radical (unpaired) electrons. The fraction of sp³-hybridized carbons (Fsp3) is 0.800. The molecule has 1 unspecified atom stereocenters. The molecule has 0 bridgehead atoms. The van der Waals surface area contributed by atoms with E-state index in [0.29, 0.717) is 5.92 Å². The lowest BCUT2D eigenvalue weighted by molar-refractivity contribution is 0.0604. The van der Waals surface area contributed by atoms with Gasteiger partial charge in [-0.15, -0.1) is 0 Å². The summed E-state index contributed by atoms with van der Waals surface area (Å²) < 4.78 is 5.00. The van der Waals surface area contributed by atoms with Gasteiger partial charge in [-0.05, 0) is 33.1 Å². The first-order valence-electron chi connectivity index (χ1n) is 4.62. The molecule has 0 rings (SSSR count). The number of carbonyl (C=O) groups is 1. The number of hydrogen-bond donors (Lipinski definition) is 0. The van der Waals surface area contributed by atoms with E-state index < -0.39 is 11.7 Å². The van der Waals surface area contributed by atoms with Crippen molar-refractivity contribution in [2.75, 3.05) is 0 Å². The second kappa shape index (κ2) is 5.00. The van der Waals surface area contributed by atoms with Gasteiger partial charge in [-0.1, -0.05) is 13.8 Å². The smallest absolute Gasteiger partial charge is 0.433 e. The van der Waals surface area contributed by atoms with Crippen molar-refractivity contribution in [1.82, 2.24) is 0 Å². The molecule has 1 atom stereocenters. The molecule has 0 aromatic rings. The van der Waals surface area contributed by atoms with Crippen LogP contribution in [0.15, 0.2) is 4.99 Å². The van der Waals surface area contributed by atoms with Gasteiger partial charge >= 0.3 is 6.09 Å². The van der Waals surface area contributed by atoms with Gasteiger partial charge in [0.15, 0.2) is 0 Å². The first-order valence-corrected chi connectivity index (χ1v) is 4.62. The minimum Gasteiger partial charge on any atom is -0.442 e. The highest BCUT2D eigenvalue weighted by molar-refractivity contribution is 5.80. The average Bonchev–Trinajstić information content (AvgIpc) is 1.97. The minimum atomic E-state index is -0.507. The molecule has 0 aromatic heterocycles. The van der Waals surface area contributed by atoms with E-state index in [2.05, 4.69) is 4.99 Å². The summed E-state index contributed by atoms with van der Waals surface area (Å²) in [5, 5.41) is 0. The molecule has 0 heterocycles. The molecular weight excluding hydrogens is 166 g/mol. The van der Waals surface area contributed by atoms with Crippen molar-refractivity contribution in [2.24, 2.45) is 10.9 Å². The summed E-state index contributed by atoms with van der Waals surface area (Å²) in [6.45, 7) is 9.52. The molecule has 3 nitrogen and oxygen atoms in total. The SMILES string of the molecule is CCC(C)C=NC(=O)OC(C)(C)C. The molecule has 0 spiro atoms. The average molecular weight is 185 g/mol. The van der Waals surface area contributed by atoms with Gasteiger partial charge in [0.25, 0.3) is 0 Å². The maximum absolute atomic E-state index is 11.1. The summed E-state index contributed by atoms with van der Waals surface area (Å²) in [5.41, 5.74) is -0.454. The maximum Gasteiger partial charge on any atom is 0.433 e. The van der Waals surface area contributed by atoms with Crippen molar-refractivity contribution in [3.05, 3.63) is 0 Å². The molecule has 3 heteroatoms. The molecule has 0 saturated heterocycles. The van der Waals surface area contributed by atoms with Crippen molar-refractivity contribution in [1.29, 1.82) is 0 Å². The third-order valence-corrected chi connectivity index (χ3v) is 1.47. The number of hydrogen-bond acceptors (Lipinski definition) is 2. The molecule has 0 aliphatic carbocycles. The molecule has 0 aromatic carbocycles. The van der Waals surface area contributed by atoms with Crippen LogP contribution < -0.4 is 0 Å². The first kappa shape index (κ1) is 12.1. The highest BCUT2D eigenvalue weighted by Gasteiger charge is 2.14. The van der Waals surface area contributed by atoms with Gasteiger partial charge in [0, 0.05) is 6.21 Å². The number of aliphatic imine (C=N–C) groups is 1. The summed E-state index contributed by atoms with van der Waals surface area (Å²) >= 11 is 0. The van der Waals surface area contributed by atoms with Crippen molar-refractivity contribution >= 4 is 12.3 Å². The fourth-order valence-electron chi connectivity index (χ4n) is 0.582. The summed E-state index contributed by atoms with van der Waals surface area (Å²) in [5.74, 6) is 0.326. The Labute approximate surface area is 80.2 Å². The molecule has 0 aliphatic rings. The Morgan fingerprint density at radius 1 is 1.54 bits per heavy atom. The highest BCUT2D eigenvalue weighted by Crippen LogP contribution is 2.08. The predicted octanol–water partition coefficient (Wildman–Crippen LogP) is 3.04. The van der Waals surface area contributed by atoms with Crippen LogP contribution in [0.3, 0.4) is 0 Å². The zero-order chi connectivity index (χ0) is 10.5. The number of nitrogens with zero attached hydrogens (tertiary/aromatic N) is 1. The van der Waals surface area contributed by atoms with E-state index in [9.17, 15) is 4.79 Å².